The van der Waals surface area contributed by atoms with Gasteiger partial charge in [0.05, 0.1) is 30.2 Å². The van der Waals surface area contributed by atoms with Crippen molar-refractivity contribution in [2.45, 2.75) is 33.9 Å². The standard InChI is InChI=1S/C13H19N5O2/c1-4-18-10(6-9(3)15-18)7-17-8-11(14)12(16-17)13(19)20-5-2/h6,8H,4-5,7,14H2,1-3H3. The normalized spacial score (nSPS) is 10.8. The van der Waals surface area contributed by atoms with Crippen LogP contribution in [0.5, 0.6) is 0 Å². The SMILES string of the molecule is CCOC(=O)c1nn(Cc2cc(C)nn2CC)cc1N. The summed E-state index contributed by atoms with van der Waals surface area (Å²) in [5.41, 5.74) is 8.24. The number of hydrogen-bond donors (Lipinski definition) is 1. The lowest BCUT2D eigenvalue weighted by Gasteiger charge is -2.04. The third-order valence-electron chi connectivity index (χ3n) is 2.87. The fourth-order valence-corrected chi connectivity index (χ4v) is 2.04. The smallest absolute Gasteiger partial charge is 0.361 e. The highest BCUT2D eigenvalue weighted by molar-refractivity contribution is 5.92. The van der Waals surface area contributed by atoms with Gasteiger partial charge in [0.25, 0.3) is 0 Å². The van der Waals surface area contributed by atoms with Crippen LogP contribution in [0, 0.1) is 6.92 Å². The minimum absolute atomic E-state index is 0.158. The summed E-state index contributed by atoms with van der Waals surface area (Å²) in [7, 11) is 0. The van der Waals surface area contributed by atoms with Gasteiger partial charge in [-0.15, -0.1) is 0 Å². The third kappa shape index (κ3) is 2.81. The number of nitrogen functional groups attached to an aromatic ring is 1. The topological polar surface area (TPSA) is 88.0 Å². The van der Waals surface area contributed by atoms with Crippen LogP contribution in [0.3, 0.4) is 0 Å². The molecule has 0 aromatic carbocycles. The second kappa shape index (κ2) is 5.77. The molecule has 0 radical (unpaired) electrons. The maximum absolute atomic E-state index is 11.7. The van der Waals surface area contributed by atoms with E-state index in [0.717, 1.165) is 17.9 Å². The first kappa shape index (κ1) is 14.1. The van der Waals surface area contributed by atoms with Gasteiger partial charge in [-0.2, -0.15) is 10.2 Å². The Kier molecular flexibility index (Phi) is 4.07. The molecule has 0 fully saturated rings. The number of aromatic nitrogens is 4. The Bertz CT molecular complexity index is 614. The number of ether oxygens (including phenoxy) is 1. The molecule has 0 atom stereocenters. The Morgan fingerprint density at radius 3 is 2.80 bits per heavy atom. The fourth-order valence-electron chi connectivity index (χ4n) is 2.04. The van der Waals surface area contributed by atoms with E-state index in [0.29, 0.717) is 18.8 Å². The number of nitrogens with two attached hydrogens (primary N) is 1. The summed E-state index contributed by atoms with van der Waals surface area (Å²) in [5.74, 6) is -0.496. The molecule has 2 rings (SSSR count). The molecule has 2 aromatic rings. The zero-order valence-corrected chi connectivity index (χ0v) is 12.0. The van der Waals surface area contributed by atoms with Crippen LogP contribution in [-0.2, 0) is 17.8 Å². The average molecular weight is 277 g/mol. The first-order chi connectivity index (χ1) is 9.55. The largest absolute Gasteiger partial charge is 0.461 e. The van der Waals surface area contributed by atoms with Crippen LogP contribution in [-0.4, -0.2) is 32.1 Å². The molecule has 2 aromatic heterocycles. The average Bonchev–Trinajstić information content (AvgIpc) is 2.93. The van der Waals surface area contributed by atoms with Gasteiger partial charge in [-0.25, -0.2) is 4.79 Å². The maximum Gasteiger partial charge on any atom is 0.361 e. The first-order valence-electron chi connectivity index (χ1n) is 6.58. The van der Waals surface area contributed by atoms with Gasteiger partial charge < -0.3 is 10.5 Å². The van der Waals surface area contributed by atoms with Crippen molar-refractivity contribution in [2.24, 2.45) is 0 Å². The molecule has 0 spiro atoms. The molecule has 7 heteroatoms. The van der Waals surface area contributed by atoms with Gasteiger partial charge in [-0.05, 0) is 26.8 Å². The minimum atomic E-state index is -0.496. The van der Waals surface area contributed by atoms with Crippen molar-refractivity contribution >= 4 is 11.7 Å². The van der Waals surface area contributed by atoms with Gasteiger partial charge in [0.1, 0.15) is 0 Å². The van der Waals surface area contributed by atoms with E-state index in [-0.39, 0.29) is 5.69 Å². The van der Waals surface area contributed by atoms with Crippen LogP contribution < -0.4 is 5.73 Å². The molecule has 0 aliphatic rings. The molecular formula is C13H19N5O2. The Morgan fingerprint density at radius 1 is 1.40 bits per heavy atom. The summed E-state index contributed by atoms with van der Waals surface area (Å²) < 4.78 is 8.44. The van der Waals surface area contributed by atoms with Crippen molar-refractivity contribution in [2.75, 3.05) is 12.3 Å². The van der Waals surface area contributed by atoms with Gasteiger partial charge in [-0.3, -0.25) is 9.36 Å². The van der Waals surface area contributed by atoms with Crippen LogP contribution in [0.15, 0.2) is 12.3 Å². The highest BCUT2D eigenvalue weighted by Crippen LogP contribution is 2.13. The molecule has 7 nitrogen and oxygen atoms in total. The predicted molar refractivity (Wildman–Crippen MR) is 74.3 cm³/mol. The van der Waals surface area contributed by atoms with Crippen LogP contribution >= 0.6 is 0 Å². The number of carbonyl (C=O) groups excluding carboxylic acids is 1. The lowest BCUT2D eigenvalue weighted by Crippen LogP contribution is -2.11. The zero-order chi connectivity index (χ0) is 14.7. The molecule has 2 N–H and O–H groups in total. The van der Waals surface area contributed by atoms with Crippen LogP contribution in [0.2, 0.25) is 0 Å². The van der Waals surface area contributed by atoms with Crippen molar-refractivity contribution in [3.05, 3.63) is 29.3 Å². The Labute approximate surface area is 117 Å². The molecular weight excluding hydrogens is 258 g/mol. The van der Waals surface area contributed by atoms with Crippen LogP contribution in [0.4, 0.5) is 5.69 Å². The van der Waals surface area contributed by atoms with Crippen molar-refractivity contribution in [1.29, 1.82) is 0 Å². The summed E-state index contributed by atoms with van der Waals surface area (Å²) >= 11 is 0. The van der Waals surface area contributed by atoms with Gasteiger partial charge in [0.2, 0.25) is 0 Å². The minimum Gasteiger partial charge on any atom is -0.461 e. The molecule has 0 bridgehead atoms. The van der Waals surface area contributed by atoms with E-state index < -0.39 is 5.97 Å². The van der Waals surface area contributed by atoms with Gasteiger partial charge in [0.15, 0.2) is 5.69 Å². The van der Waals surface area contributed by atoms with E-state index >= 15 is 0 Å². The molecule has 0 aliphatic heterocycles. The zero-order valence-electron chi connectivity index (χ0n) is 12.0. The number of carbonyl (C=O) groups is 1. The second-order valence-corrected chi connectivity index (χ2v) is 4.44. The second-order valence-electron chi connectivity index (χ2n) is 4.44. The van der Waals surface area contributed by atoms with E-state index in [2.05, 4.69) is 10.2 Å². The number of rotatable bonds is 5. The van der Waals surface area contributed by atoms with Crippen molar-refractivity contribution in [3.8, 4) is 0 Å². The number of aryl methyl sites for hydroxylation is 2. The summed E-state index contributed by atoms with van der Waals surface area (Å²) in [4.78, 5) is 11.7. The molecule has 2 heterocycles. The summed E-state index contributed by atoms with van der Waals surface area (Å²) in [6.07, 6.45) is 1.63. The molecule has 0 unspecified atom stereocenters. The lowest BCUT2D eigenvalue weighted by atomic mass is 10.3. The maximum atomic E-state index is 11.7. The lowest BCUT2D eigenvalue weighted by molar-refractivity contribution is 0.0519. The summed E-state index contributed by atoms with van der Waals surface area (Å²) in [6.45, 7) is 7.30. The molecule has 108 valence electrons. The van der Waals surface area contributed by atoms with E-state index in [1.165, 1.54) is 0 Å². The van der Waals surface area contributed by atoms with Crippen molar-refractivity contribution in [3.63, 3.8) is 0 Å². The third-order valence-corrected chi connectivity index (χ3v) is 2.87. The highest BCUT2D eigenvalue weighted by Gasteiger charge is 2.16. The molecule has 0 saturated carbocycles. The highest BCUT2D eigenvalue weighted by atomic mass is 16.5. The Balaban J connectivity index is 2.22. The molecule has 0 aliphatic carbocycles. The Morgan fingerprint density at radius 2 is 2.15 bits per heavy atom. The first-order valence-corrected chi connectivity index (χ1v) is 6.58. The van der Waals surface area contributed by atoms with E-state index in [1.54, 1.807) is 17.8 Å². The quantitative estimate of drug-likeness (QED) is 0.830. The summed E-state index contributed by atoms with van der Waals surface area (Å²) in [6, 6.07) is 1.99. The van der Waals surface area contributed by atoms with Crippen molar-refractivity contribution < 1.29 is 9.53 Å². The number of hydrogen-bond acceptors (Lipinski definition) is 5. The molecule has 0 amide bonds. The van der Waals surface area contributed by atoms with Crippen LogP contribution in [0.1, 0.15) is 35.7 Å². The van der Waals surface area contributed by atoms with Crippen LogP contribution in [0.25, 0.3) is 0 Å². The number of anilines is 1. The molecule has 20 heavy (non-hydrogen) atoms. The van der Waals surface area contributed by atoms with Gasteiger partial charge in [0, 0.05) is 12.7 Å². The van der Waals surface area contributed by atoms with E-state index in [4.69, 9.17) is 10.5 Å². The summed E-state index contributed by atoms with van der Waals surface area (Å²) in [5, 5.41) is 8.56. The Hall–Kier alpha value is -2.31. The predicted octanol–water partition coefficient (Wildman–Crippen LogP) is 1.22. The van der Waals surface area contributed by atoms with E-state index in [1.807, 2.05) is 24.6 Å². The number of nitrogens with zero attached hydrogens (tertiary/aromatic N) is 4. The van der Waals surface area contributed by atoms with Gasteiger partial charge in [-0.1, -0.05) is 0 Å². The fraction of sp³-hybridized carbons (Fsp3) is 0.462. The van der Waals surface area contributed by atoms with E-state index in [9.17, 15) is 4.79 Å². The monoisotopic (exact) mass is 277 g/mol. The van der Waals surface area contributed by atoms with Gasteiger partial charge >= 0.3 is 5.97 Å². The van der Waals surface area contributed by atoms with Crippen molar-refractivity contribution in [1.82, 2.24) is 19.6 Å². The molecule has 0 saturated heterocycles. The number of esters is 1.